The third-order valence-electron chi connectivity index (χ3n) is 4.99. The highest BCUT2D eigenvalue weighted by Gasteiger charge is 2.46. The van der Waals surface area contributed by atoms with Crippen LogP contribution in [-0.4, -0.2) is 48.8 Å². The number of hydrogen-bond acceptors (Lipinski definition) is 4. The highest BCUT2D eigenvalue weighted by Crippen LogP contribution is 2.34. The fourth-order valence-corrected chi connectivity index (χ4v) is 3.58. The molecular weight excluding hydrogens is 373 g/mol. The Kier molecular flexibility index (Phi) is 6.42. The summed E-state index contributed by atoms with van der Waals surface area (Å²) in [5, 5.41) is 0. The summed E-state index contributed by atoms with van der Waals surface area (Å²) in [7, 11) is 0. The smallest absolute Gasteiger partial charge is 0.416 e. The summed E-state index contributed by atoms with van der Waals surface area (Å²) >= 11 is 0. The van der Waals surface area contributed by atoms with Crippen molar-refractivity contribution in [2.75, 3.05) is 26.3 Å². The molecule has 2 aliphatic rings. The van der Waals surface area contributed by atoms with E-state index in [1.165, 1.54) is 12.1 Å². The molecule has 0 aliphatic carbocycles. The molecule has 0 saturated carbocycles. The Labute approximate surface area is 156 Å². The maximum Gasteiger partial charge on any atom is 0.416 e. The second-order valence-corrected chi connectivity index (χ2v) is 6.51. The Morgan fingerprint density at radius 2 is 2.00 bits per heavy atom. The number of hydrogen-bond donors (Lipinski definition) is 1. The molecule has 5 nitrogen and oxygen atoms in total. The van der Waals surface area contributed by atoms with Gasteiger partial charge >= 0.3 is 6.18 Å². The van der Waals surface area contributed by atoms with Gasteiger partial charge in [0.15, 0.2) is 0 Å². The van der Waals surface area contributed by atoms with E-state index in [9.17, 15) is 18.0 Å². The van der Waals surface area contributed by atoms with Crippen molar-refractivity contribution in [2.24, 2.45) is 5.73 Å². The van der Waals surface area contributed by atoms with E-state index in [1.807, 2.05) is 4.90 Å². The number of nitrogens with two attached hydrogens (primary N) is 1. The van der Waals surface area contributed by atoms with Crippen LogP contribution in [0.5, 0.6) is 5.75 Å². The topological polar surface area (TPSA) is 64.8 Å². The van der Waals surface area contributed by atoms with Crippen molar-refractivity contribution in [3.63, 3.8) is 0 Å². The van der Waals surface area contributed by atoms with Crippen LogP contribution in [0, 0.1) is 0 Å². The average Bonchev–Trinajstić information content (AvgIpc) is 3.04. The molecule has 0 spiro atoms. The quantitative estimate of drug-likeness (QED) is 0.852. The lowest BCUT2D eigenvalue weighted by Gasteiger charge is -2.41. The third kappa shape index (κ3) is 4.24. The first-order chi connectivity index (χ1) is 11.8. The number of carbonyl (C=O) groups excluding carboxylic acids is 1. The van der Waals surface area contributed by atoms with Gasteiger partial charge in [-0.05, 0) is 37.5 Å². The number of amides is 1. The van der Waals surface area contributed by atoms with Gasteiger partial charge in [-0.1, -0.05) is 6.07 Å². The zero-order valence-electron chi connectivity index (χ0n) is 14.1. The van der Waals surface area contributed by atoms with Crippen molar-refractivity contribution in [3.05, 3.63) is 29.8 Å². The van der Waals surface area contributed by atoms with E-state index >= 15 is 0 Å². The highest BCUT2D eigenvalue weighted by atomic mass is 35.5. The van der Waals surface area contributed by atoms with Gasteiger partial charge in [-0.15, -0.1) is 12.4 Å². The van der Waals surface area contributed by atoms with Gasteiger partial charge in [-0.2, -0.15) is 13.2 Å². The molecule has 0 unspecified atom stereocenters. The van der Waals surface area contributed by atoms with Gasteiger partial charge in [0.1, 0.15) is 17.4 Å². The molecule has 1 amide bonds. The normalized spacial score (nSPS) is 23.3. The fourth-order valence-electron chi connectivity index (χ4n) is 3.58. The lowest BCUT2D eigenvalue weighted by atomic mass is 9.87. The molecule has 146 valence electrons. The number of ether oxygens (including phenoxy) is 2. The van der Waals surface area contributed by atoms with E-state index < -0.39 is 17.3 Å². The van der Waals surface area contributed by atoms with Crippen LogP contribution >= 0.6 is 12.4 Å². The first-order valence-electron chi connectivity index (χ1n) is 8.28. The molecule has 0 aromatic heterocycles. The largest absolute Gasteiger partial charge is 0.489 e. The lowest BCUT2D eigenvalue weighted by molar-refractivity contribution is -0.138. The van der Waals surface area contributed by atoms with Crippen molar-refractivity contribution in [1.29, 1.82) is 0 Å². The second kappa shape index (κ2) is 8.02. The standard InChI is InChI=1S/C17H21F3N2O3.ClH/c18-17(19,20)12-2-1-3-13(10-12)25-14-4-7-22(11-14)16(15(21)23)5-8-24-9-6-16;/h1-3,10,14H,4-9,11H2,(H2,21,23);1H/t14-;/m1./s1. The minimum Gasteiger partial charge on any atom is -0.489 e. The minimum atomic E-state index is -4.40. The molecule has 3 rings (SSSR count). The second-order valence-electron chi connectivity index (χ2n) is 6.51. The Hall–Kier alpha value is -1.51. The Bertz CT molecular complexity index is 636. The first kappa shape index (κ1) is 20.8. The van der Waals surface area contributed by atoms with Crippen LogP contribution in [0.4, 0.5) is 13.2 Å². The molecule has 0 bridgehead atoms. The number of likely N-dealkylation sites (tertiary alicyclic amines) is 1. The van der Waals surface area contributed by atoms with Crippen LogP contribution in [0.15, 0.2) is 24.3 Å². The predicted octanol–water partition coefficient (Wildman–Crippen LogP) is 2.61. The van der Waals surface area contributed by atoms with E-state index in [4.69, 9.17) is 15.2 Å². The highest BCUT2D eigenvalue weighted by molar-refractivity contribution is 5.85. The van der Waals surface area contributed by atoms with Crippen molar-refractivity contribution in [2.45, 2.75) is 37.1 Å². The van der Waals surface area contributed by atoms with Crippen LogP contribution in [0.1, 0.15) is 24.8 Å². The fraction of sp³-hybridized carbons (Fsp3) is 0.588. The molecule has 1 aromatic rings. The van der Waals surface area contributed by atoms with Gasteiger partial charge in [0.05, 0.1) is 5.56 Å². The van der Waals surface area contributed by atoms with Gasteiger partial charge < -0.3 is 15.2 Å². The molecule has 2 fully saturated rings. The maximum absolute atomic E-state index is 12.8. The van der Waals surface area contributed by atoms with E-state index in [0.717, 1.165) is 12.1 Å². The van der Waals surface area contributed by atoms with E-state index in [0.29, 0.717) is 45.6 Å². The predicted molar refractivity (Wildman–Crippen MR) is 91.3 cm³/mol. The summed E-state index contributed by atoms with van der Waals surface area (Å²) in [6.45, 7) is 2.02. The number of rotatable bonds is 4. The van der Waals surface area contributed by atoms with Crippen molar-refractivity contribution in [1.82, 2.24) is 4.90 Å². The van der Waals surface area contributed by atoms with Crippen LogP contribution in [-0.2, 0) is 15.7 Å². The summed E-state index contributed by atoms with van der Waals surface area (Å²) in [5.41, 5.74) is 4.16. The molecule has 2 aliphatic heterocycles. The zero-order chi connectivity index (χ0) is 18.1. The molecule has 9 heteroatoms. The summed E-state index contributed by atoms with van der Waals surface area (Å²) < 4.78 is 49.5. The van der Waals surface area contributed by atoms with Crippen molar-refractivity contribution < 1.29 is 27.4 Å². The molecule has 2 saturated heterocycles. The SMILES string of the molecule is Cl.NC(=O)C1(N2CC[C@@H](Oc3cccc(C(F)(F)F)c3)C2)CCOCC1. The van der Waals surface area contributed by atoms with Gasteiger partial charge in [-0.3, -0.25) is 9.69 Å². The van der Waals surface area contributed by atoms with Gasteiger partial charge in [-0.25, -0.2) is 0 Å². The van der Waals surface area contributed by atoms with E-state index in [2.05, 4.69) is 0 Å². The van der Waals surface area contributed by atoms with Gasteiger partial charge in [0.2, 0.25) is 5.91 Å². The maximum atomic E-state index is 12.8. The third-order valence-corrected chi connectivity index (χ3v) is 4.99. The Balaban J connectivity index is 0.00000243. The molecule has 1 atom stereocenters. The molecule has 2 heterocycles. The minimum absolute atomic E-state index is 0. The van der Waals surface area contributed by atoms with Gasteiger partial charge in [0, 0.05) is 26.3 Å². The zero-order valence-corrected chi connectivity index (χ0v) is 14.9. The summed E-state index contributed by atoms with van der Waals surface area (Å²) in [4.78, 5) is 14.0. The number of benzene rings is 1. The summed E-state index contributed by atoms with van der Waals surface area (Å²) in [6, 6.07) is 4.85. The lowest BCUT2D eigenvalue weighted by Crippen LogP contribution is -2.59. The van der Waals surface area contributed by atoms with E-state index in [1.54, 1.807) is 0 Å². The van der Waals surface area contributed by atoms with Gasteiger partial charge in [0.25, 0.3) is 0 Å². The van der Waals surface area contributed by atoms with Crippen LogP contribution in [0.2, 0.25) is 0 Å². The molecule has 26 heavy (non-hydrogen) atoms. The van der Waals surface area contributed by atoms with Crippen molar-refractivity contribution in [3.8, 4) is 5.75 Å². The van der Waals surface area contributed by atoms with Crippen LogP contribution < -0.4 is 10.5 Å². The molecule has 0 radical (unpaired) electrons. The monoisotopic (exact) mass is 394 g/mol. The Morgan fingerprint density at radius 3 is 2.62 bits per heavy atom. The van der Waals surface area contributed by atoms with E-state index in [-0.39, 0.29) is 30.2 Å². The summed E-state index contributed by atoms with van der Waals surface area (Å²) in [5.74, 6) is -0.197. The average molecular weight is 395 g/mol. The number of carbonyl (C=O) groups is 1. The van der Waals surface area contributed by atoms with Crippen molar-refractivity contribution >= 4 is 18.3 Å². The number of nitrogens with zero attached hydrogens (tertiary/aromatic N) is 1. The van der Waals surface area contributed by atoms with Crippen LogP contribution in [0.3, 0.4) is 0 Å². The summed E-state index contributed by atoms with van der Waals surface area (Å²) in [6.07, 6.45) is -3.00. The molecular formula is C17H22ClF3N2O3. The molecule has 1 aromatic carbocycles. The molecule has 2 N–H and O–H groups in total. The van der Waals surface area contributed by atoms with Crippen LogP contribution in [0.25, 0.3) is 0 Å². The number of halogens is 4. The first-order valence-corrected chi connectivity index (χ1v) is 8.28. The number of alkyl halides is 3. The number of primary amides is 1. The Morgan fingerprint density at radius 1 is 1.31 bits per heavy atom.